The van der Waals surface area contributed by atoms with Gasteiger partial charge in [-0.15, -0.1) is 0 Å². The smallest absolute Gasteiger partial charge is 0.122 e. The van der Waals surface area contributed by atoms with Gasteiger partial charge in [-0.1, -0.05) is 35.9 Å². The molecule has 1 unspecified atom stereocenters. The summed E-state index contributed by atoms with van der Waals surface area (Å²) < 4.78 is 5.56. The summed E-state index contributed by atoms with van der Waals surface area (Å²) in [5, 5.41) is 4.41. The topological polar surface area (TPSA) is 21.3 Å². The number of hydrogen-bond donors (Lipinski definition) is 1. The third kappa shape index (κ3) is 3.22. The van der Waals surface area contributed by atoms with E-state index in [1.165, 1.54) is 16.7 Å². The molecule has 21 heavy (non-hydrogen) atoms. The van der Waals surface area contributed by atoms with Crippen LogP contribution in [0.15, 0.2) is 42.5 Å². The predicted molar refractivity (Wildman–Crippen MR) is 87.1 cm³/mol. The Bertz CT molecular complexity index is 641. The van der Waals surface area contributed by atoms with E-state index in [9.17, 15) is 0 Å². The van der Waals surface area contributed by atoms with Gasteiger partial charge < -0.3 is 10.1 Å². The van der Waals surface area contributed by atoms with Crippen LogP contribution in [0.5, 0.6) is 5.75 Å². The second kappa shape index (κ2) is 6.08. The molecule has 1 aliphatic rings. The molecular weight excluding hydrogens is 282 g/mol. The molecule has 0 amide bonds. The first-order valence-corrected chi connectivity index (χ1v) is 7.78. The van der Waals surface area contributed by atoms with E-state index in [-0.39, 0.29) is 12.1 Å². The molecule has 0 bridgehead atoms. The lowest BCUT2D eigenvalue weighted by atomic mass is 10.0. The van der Waals surface area contributed by atoms with Crippen LogP contribution in [0.3, 0.4) is 0 Å². The third-order valence-electron chi connectivity index (χ3n) is 4.06. The van der Waals surface area contributed by atoms with Crippen LogP contribution in [0.4, 0.5) is 0 Å². The fraction of sp³-hybridized carbons (Fsp3) is 0.333. The molecule has 0 radical (unpaired) electrons. The highest BCUT2D eigenvalue weighted by molar-refractivity contribution is 6.30. The summed E-state index contributed by atoms with van der Waals surface area (Å²) in [6.45, 7) is 5.16. The summed E-state index contributed by atoms with van der Waals surface area (Å²) in [5.74, 6) is 1.04. The molecule has 110 valence electrons. The zero-order valence-electron chi connectivity index (χ0n) is 12.4. The number of hydrogen-bond acceptors (Lipinski definition) is 2. The van der Waals surface area contributed by atoms with Gasteiger partial charge in [0.15, 0.2) is 0 Å². The maximum absolute atomic E-state index is 6.06. The van der Waals surface area contributed by atoms with Crippen molar-refractivity contribution in [3.63, 3.8) is 0 Å². The molecule has 3 heteroatoms. The van der Waals surface area contributed by atoms with Gasteiger partial charge in [0.1, 0.15) is 5.75 Å². The average molecular weight is 302 g/mol. The van der Waals surface area contributed by atoms with Crippen molar-refractivity contribution in [3.05, 3.63) is 64.2 Å². The predicted octanol–water partition coefficient (Wildman–Crippen LogP) is 4.69. The van der Waals surface area contributed by atoms with Crippen LogP contribution in [0, 0.1) is 0 Å². The van der Waals surface area contributed by atoms with Crippen molar-refractivity contribution in [2.45, 2.75) is 32.4 Å². The van der Waals surface area contributed by atoms with E-state index in [0.717, 1.165) is 23.8 Å². The molecule has 0 spiro atoms. The monoisotopic (exact) mass is 301 g/mol. The Kier molecular flexibility index (Phi) is 4.18. The molecule has 2 atom stereocenters. The van der Waals surface area contributed by atoms with Gasteiger partial charge in [0.25, 0.3) is 0 Å². The summed E-state index contributed by atoms with van der Waals surface area (Å²) in [6, 6.07) is 15.0. The molecule has 2 aromatic carbocycles. The zero-order valence-corrected chi connectivity index (χ0v) is 13.2. The van der Waals surface area contributed by atoms with Gasteiger partial charge in [0.05, 0.1) is 6.61 Å². The Morgan fingerprint density at radius 2 is 1.81 bits per heavy atom. The highest BCUT2D eigenvalue weighted by Crippen LogP contribution is 2.29. The number of fused-ring (bicyclic) bond motifs is 1. The summed E-state index contributed by atoms with van der Waals surface area (Å²) in [6.07, 6.45) is 1.01. The first kappa shape index (κ1) is 14.4. The summed E-state index contributed by atoms with van der Waals surface area (Å²) in [4.78, 5) is 0. The Labute approximate surface area is 131 Å². The minimum absolute atomic E-state index is 0.253. The van der Waals surface area contributed by atoms with Crippen LogP contribution in [0.25, 0.3) is 0 Å². The number of ether oxygens (including phenoxy) is 1. The van der Waals surface area contributed by atoms with Gasteiger partial charge in [0.2, 0.25) is 0 Å². The molecular formula is C18H20ClNO. The minimum Gasteiger partial charge on any atom is -0.493 e. The van der Waals surface area contributed by atoms with E-state index in [2.05, 4.69) is 43.4 Å². The molecule has 1 aliphatic heterocycles. The molecule has 0 aliphatic carbocycles. The Morgan fingerprint density at radius 3 is 2.57 bits per heavy atom. The molecule has 3 rings (SSSR count). The van der Waals surface area contributed by atoms with E-state index < -0.39 is 0 Å². The second-order valence-corrected chi connectivity index (χ2v) is 6.07. The Morgan fingerprint density at radius 1 is 1.05 bits per heavy atom. The van der Waals surface area contributed by atoms with Crippen molar-refractivity contribution >= 4 is 11.6 Å². The molecule has 2 aromatic rings. The van der Waals surface area contributed by atoms with Gasteiger partial charge in [0, 0.05) is 23.5 Å². The van der Waals surface area contributed by atoms with E-state index in [1.54, 1.807) is 0 Å². The van der Waals surface area contributed by atoms with Crippen LogP contribution in [-0.4, -0.2) is 6.61 Å². The summed E-state index contributed by atoms with van der Waals surface area (Å²) >= 11 is 6.06. The maximum atomic E-state index is 6.06. The van der Waals surface area contributed by atoms with Crippen molar-refractivity contribution in [3.8, 4) is 5.75 Å². The SMILES string of the molecule is CC(N[C@H](C)c1cccc(Cl)c1)c1ccc2c(c1)CCO2. The van der Waals surface area contributed by atoms with E-state index in [4.69, 9.17) is 16.3 Å². The molecule has 1 N–H and O–H groups in total. The average Bonchev–Trinajstić information content (AvgIpc) is 2.94. The largest absolute Gasteiger partial charge is 0.493 e. The fourth-order valence-electron chi connectivity index (χ4n) is 2.82. The number of nitrogens with one attached hydrogen (secondary N) is 1. The van der Waals surface area contributed by atoms with E-state index in [1.807, 2.05) is 18.2 Å². The van der Waals surface area contributed by atoms with Crippen LogP contribution in [0.2, 0.25) is 5.02 Å². The lowest BCUT2D eigenvalue weighted by molar-refractivity contribution is 0.356. The fourth-order valence-corrected chi connectivity index (χ4v) is 3.02. The second-order valence-electron chi connectivity index (χ2n) is 5.63. The van der Waals surface area contributed by atoms with Crippen LogP contribution >= 0.6 is 11.6 Å². The van der Waals surface area contributed by atoms with Crippen LogP contribution in [0.1, 0.15) is 42.6 Å². The molecule has 1 heterocycles. The lowest BCUT2D eigenvalue weighted by Crippen LogP contribution is -2.22. The number of benzene rings is 2. The minimum atomic E-state index is 0.253. The summed E-state index contributed by atoms with van der Waals surface area (Å²) in [5.41, 5.74) is 3.82. The molecule has 0 aromatic heterocycles. The molecule has 2 nitrogen and oxygen atoms in total. The van der Waals surface area contributed by atoms with E-state index >= 15 is 0 Å². The van der Waals surface area contributed by atoms with Crippen molar-refractivity contribution < 1.29 is 4.74 Å². The highest BCUT2D eigenvalue weighted by Gasteiger charge is 2.16. The van der Waals surface area contributed by atoms with Gasteiger partial charge in [-0.2, -0.15) is 0 Å². The zero-order chi connectivity index (χ0) is 14.8. The quantitative estimate of drug-likeness (QED) is 0.885. The van der Waals surface area contributed by atoms with Gasteiger partial charge in [-0.25, -0.2) is 0 Å². The van der Waals surface area contributed by atoms with Crippen LogP contribution in [-0.2, 0) is 6.42 Å². The normalized spacial score (nSPS) is 16.1. The van der Waals surface area contributed by atoms with Gasteiger partial charge in [-0.3, -0.25) is 0 Å². The molecule has 0 fully saturated rings. The van der Waals surface area contributed by atoms with Crippen molar-refractivity contribution in [2.75, 3.05) is 6.61 Å². The van der Waals surface area contributed by atoms with E-state index in [0.29, 0.717) is 0 Å². The van der Waals surface area contributed by atoms with Crippen molar-refractivity contribution in [2.24, 2.45) is 0 Å². The molecule has 0 saturated carbocycles. The standard InChI is InChI=1S/C18H20ClNO/c1-12(14-4-3-5-17(19)11-14)20-13(2)15-6-7-18-16(10-15)8-9-21-18/h3-7,10-13,20H,8-9H2,1-2H3/t12-,13?/m1/s1. The highest BCUT2D eigenvalue weighted by atomic mass is 35.5. The Balaban J connectivity index is 1.72. The molecule has 0 saturated heterocycles. The number of halogens is 1. The number of rotatable bonds is 4. The van der Waals surface area contributed by atoms with Gasteiger partial charge in [-0.05, 0) is 48.7 Å². The van der Waals surface area contributed by atoms with Crippen molar-refractivity contribution in [1.29, 1.82) is 0 Å². The van der Waals surface area contributed by atoms with Crippen molar-refractivity contribution in [1.82, 2.24) is 5.32 Å². The lowest BCUT2D eigenvalue weighted by Gasteiger charge is -2.21. The first-order valence-electron chi connectivity index (χ1n) is 7.40. The maximum Gasteiger partial charge on any atom is 0.122 e. The Hall–Kier alpha value is -1.51. The summed E-state index contributed by atoms with van der Waals surface area (Å²) in [7, 11) is 0. The third-order valence-corrected chi connectivity index (χ3v) is 4.30. The van der Waals surface area contributed by atoms with Crippen LogP contribution < -0.4 is 10.1 Å². The first-order chi connectivity index (χ1) is 10.1. The van der Waals surface area contributed by atoms with Gasteiger partial charge >= 0.3 is 0 Å².